The van der Waals surface area contributed by atoms with Gasteiger partial charge in [-0.1, -0.05) is 25.8 Å². The van der Waals surface area contributed by atoms with Crippen LogP contribution in [0.25, 0.3) is 0 Å². The van der Waals surface area contributed by atoms with Crippen LogP contribution in [0.15, 0.2) is 22.6 Å². The molecule has 0 fully saturated rings. The Kier molecular flexibility index (Phi) is 4.01. The molecule has 1 aromatic rings. The van der Waals surface area contributed by atoms with Gasteiger partial charge in [-0.2, -0.15) is 0 Å². The summed E-state index contributed by atoms with van der Waals surface area (Å²) in [4.78, 5) is 0. The molecule has 0 atom stereocenters. The van der Waals surface area contributed by atoms with E-state index in [1.807, 2.05) is 12.1 Å². The maximum absolute atomic E-state index is 5.34. The van der Waals surface area contributed by atoms with Crippen LogP contribution >= 0.6 is 12.2 Å². The van der Waals surface area contributed by atoms with Gasteiger partial charge >= 0.3 is 0 Å². The molecule has 66 valence electrons. The number of rotatable bonds is 4. The monoisotopic (exact) mass is 182 g/mol. The van der Waals surface area contributed by atoms with Gasteiger partial charge in [0.25, 0.3) is 0 Å². The Hall–Kier alpha value is -0.630. The van der Waals surface area contributed by atoms with Crippen LogP contribution in [0.1, 0.15) is 31.9 Å². The topological polar surface area (TPSA) is 13.1 Å². The zero-order valence-corrected chi connectivity index (χ0v) is 8.19. The van der Waals surface area contributed by atoms with Crippen LogP contribution in [0, 0.1) is 4.71 Å². The van der Waals surface area contributed by atoms with Crippen molar-refractivity contribution in [1.29, 1.82) is 0 Å². The second kappa shape index (κ2) is 5.09. The molecule has 0 spiro atoms. The van der Waals surface area contributed by atoms with Crippen molar-refractivity contribution in [3.05, 3.63) is 28.7 Å². The third-order valence-electron chi connectivity index (χ3n) is 1.77. The van der Waals surface area contributed by atoms with E-state index in [4.69, 9.17) is 16.6 Å². The van der Waals surface area contributed by atoms with Crippen molar-refractivity contribution in [3.8, 4) is 0 Å². The summed E-state index contributed by atoms with van der Waals surface area (Å²) in [7, 11) is 0. The van der Waals surface area contributed by atoms with Gasteiger partial charge in [0.1, 0.15) is 5.76 Å². The molecule has 0 aliphatic heterocycles. The molecule has 0 unspecified atom stereocenters. The van der Waals surface area contributed by atoms with Crippen molar-refractivity contribution < 1.29 is 4.42 Å². The average molecular weight is 182 g/mol. The molecule has 0 saturated heterocycles. The van der Waals surface area contributed by atoms with Crippen molar-refractivity contribution in [2.24, 2.45) is 0 Å². The molecule has 0 aliphatic carbocycles. The summed E-state index contributed by atoms with van der Waals surface area (Å²) in [6.07, 6.45) is 4.71. The minimum atomic E-state index is 0.587. The summed E-state index contributed by atoms with van der Waals surface area (Å²) in [6.45, 7) is 2.20. The van der Waals surface area contributed by atoms with Crippen LogP contribution in [-0.2, 0) is 6.42 Å². The molecule has 2 heteroatoms. The summed E-state index contributed by atoms with van der Waals surface area (Å²) in [5.74, 6) is 1.01. The van der Waals surface area contributed by atoms with Gasteiger partial charge in [0.05, 0.1) is 0 Å². The van der Waals surface area contributed by atoms with Crippen LogP contribution in [0.4, 0.5) is 0 Å². The average Bonchev–Trinajstić information content (AvgIpc) is 2.05. The van der Waals surface area contributed by atoms with E-state index in [1.54, 1.807) is 6.07 Å². The summed E-state index contributed by atoms with van der Waals surface area (Å²) in [5, 5.41) is 0. The molecule has 1 heterocycles. The fourth-order valence-corrected chi connectivity index (χ4v) is 1.30. The molecule has 0 radical (unpaired) electrons. The molecule has 12 heavy (non-hydrogen) atoms. The van der Waals surface area contributed by atoms with E-state index >= 15 is 0 Å². The van der Waals surface area contributed by atoms with Crippen molar-refractivity contribution >= 4 is 12.2 Å². The first kappa shape index (κ1) is 9.46. The lowest BCUT2D eigenvalue weighted by molar-refractivity contribution is 0.468. The van der Waals surface area contributed by atoms with E-state index in [9.17, 15) is 0 Å². The van der Waals surface area contributed by atoms with Gasteiger partial charge in [-0.15, -0.1) is 0 Å². The third-order valence-corrected chi connectivity index (χ3v) is 1.99. The molecule has 0 aromatic carbocycles. The zero-order chi connectivity index (χ0) is 8.81. The van der Waals surface area contributed by atoms with Crippen molar-refractivity contribution in [2.75, 3.05) is 0 Å². The second-order valence-electron chi connectivity index (χ2n) is 2.87. The highest BCUT2D eigenvalue weighted by atomic mass is 32.1. The molecule has 1 nitrogen and oxygen atoms in total. The van der Waals surface area contributed by atoms with E-state index in [0.717, 1.165) is 12.2 Å². The predicted octanol–water partition coefficient (Wildman–Crippen LogP) is 3.74. The maximum Gasteiger partial charge on any atom is 0.190 e. The molecule has 0 N–H and O–H groups in total. The molecule has 0 aliphatic rings. The van der Waals surface area contributed by atoms with E-state index in [-0.39, 0.29) is 0 Å². The van der Waals surface area contributed by atoms with E-state index in [1.165, 1.54) is 19.3 Å². The van der Waals surface area contributed by atoms with Crippen LogP contribution in [0.3, 0.4) is 0 Å². The van der Waals surface area contributed by atoms with Crippen molar-refractivity contribution in [1.82, 2.24) is 0 Å². The van der Waals surface area contributed by atoms with Gasteiger partial charge in [0.2, 0.25) is 0 Å². The number of hydrogen-bond donors (Lipinski definition) is 0. The SMILES string of the molecule is CCCCCc1cccc(=S)o1. The summed E-state index contributed by atoms with van der Waals surface area (Å²) in [6, 6.07) is 5.75. The van der Waals surface area contributed by atoms with Gasteiger partial charge in [-0.3, -0.25) is 0 Å². The molecule has 0 amide bonds. The second-order valence-corrected chi connectivity index (χ2v) is 3.27. The Morgan fingerprint density at radius 3 is 2.83 bits per heavy atom. The third kappa shape index (κ3) is 3.18. The van der Waals surface area contributed by atoms with Crippen molar-refractivity contribution in [2.45, 2.75) is 32.6 Å². The molecule has 1 aromatic heterocycles. The Labute approximate surface area is 78.4 Å². The molecule has 0 saturated carbocycles. The van der Waals surface area contributed by atoms with Gasteiger partial charge in [0.15, 0.2) is 4.71 Å². The standard InChI is InChI=1S/C10H14OS/c1-2-3-4-6-9-7-5-8-10(12)11-9/h5,7-8H,2-4,6H2,1H3. The summed E-state index contributed by atoms with van der Waals surface area (Å²) >= 11 is 4.91. The lowest BCUT2D eigenvalue weighted by Gasteiger charge is -1.97. The first-order valence-electron chi connectivity index (χ1n) is 4.42. The molecule has 0 bridgehead atoms. The smallest absolute Gasteiger partial charge is 0.190 e. The lowest BCUT2D eigenvalue weighted by Crippen LogP contribution is -1.84. The van der Waals surface area contributed by atoms with Crippen LogP contribution in [0.5, 0.6) is 0 Å². The Morgan fingerprint density at radius 1 is 1.33 bits per heavy atom. The summed E-state index contributed by atoms with van der Waals surface area (Å²) < 4.78 is 5.93. The Balaban J connectivity index is 2.47. The first-order valence-corrected chi connectivity index (χ1v) is 4.83. The van der Waals surface area contributed by atoms with Gasteiger partial charge in [-0.05, 0) is 30.8 Å². The minimum Gasteiger partial charge on any atom is -0.450 e. The molecule has 1 rings (SSSR count). The normalized spacial score (nSPS) is 10.1. The maximum atomic E-state index is 5.34. The Bertz CT molecular complexity index is 277. The van der Waals surface area contributed by atoms with Gasteiger partial charge < -0.3 is 4.42 Å². The van der Waals surface area contributed by atoms with Crippen LogP contribution in [-0.4, -0.2) is 0 Å². The summed E-state index contributed by atoms with van der Waals surface area (Å²) in [5.41, 5.74) is 0. The zero-order valence-electron chi connectivity index (χ0n) is 7.38. The van der Waals surface area contributed by atoms with Gasteiger partial charge in [0, 0.05) is 6.42 Å². The van der Waals surface area contributed by atoms with Gasteiger partial charge in [-0.25, -0.2) is 0 Å². The highest BCUT2D eigenvalue weighted by Crippen LogP contribution is 2.06. The van der Waals surface area contributed by atoms with Crippen LogP contribution in [0.2, 0.25) is 0 Å². The predicted molar refractivity (Wildman–Crippen MR) is 52.8 cm³/mol. The number of aryl methyl sites for hydroxylation is 1. The molecular formula is C10H14OS. The van der Waals surface area contributed by atoms with Crippen molar-refractivity contribution in [3.63, 3.8) is 0 Å². The van der Waals surface area contributed by atoms with E-state index < -0.39 is 0 Å². The largest absolute Gasteiger partial charge is 0.450 e. The minimum absolute atomic E-state index is 0.587. The van der Waals surface area contributed by atoms with E-state index in [2.05, 4.69) is 6.92 Å². The highest BCUT2D eigenvalue weighted by Gasteiger charge is 1.93. The first-order chi connectivity index (χ1) is 5.83. The number of unbranched alkanes of at least 4 members (excludes halogenated alkanes) is 2. The lowest BCUT2D eigenvalue weighted by atomic mass is 10.2. The highest BCUT2D eigenvalue weighted by molar-refractivity contribution is 7.71. The fraction of sp³-hybridized carbons (Fsp3) is 0.500. The number of hydrogen-bond acceptors (Lipinski definition) is 2. The van der Waals surface area contributed by atoms with E-state index in [0.29, 0.717) is 4.71 Å². The fourth-order valence-electron chi connectivity index (χ4n) is 1.11. The molecular weight excluding hydrogens is 168 g/mol. The quantitative estimate of drug-likeness (QED) is 0.519. The van der Waals surface area contributed by atoms with Crippen LogP contribution < -0.4 is 0 Å². The Morgan fingerprint density at radius 2 is 2.17 bits per heavy atom.